The van der Waals surface area contributed by atoms with Gasteiger partial charge in [-0.25, -0.2) is 4.98 Å². The first kappa shape index (κ1) is 14.1. The molecule has 0 saturated carbocycles. The van der Waals surface area contributed by atoms with Crippen LogP contribution in [0.1, 0.15) is 40.6 Å². The van der Waals surface area contributed by atoms with E-state index >= 15 is 0 Å². The molecule has 17 heavy (non-hydrogen) atoms. The molecule has 0 spiro atoms. The van der Waals surface area contributed by atoms with E-state index in [4.69, 9.17) is 0 Å². The molecule has 0 bridgehead atoms. The summed E-state index contributed by atoms with van der Waals surface area (Å²) in [6, 6.07) is 0.210. The van der Waals surface area contributed by atoms with Gasteiger partial charge in [-0.2, -0.15) is 0 Å². The molecule has 5 heteroatoms. The highest BCUT2D eigenvalue weighted by molar-refractivity contribution is 7.13. The van der Waals surface area contributed by atoms with Crippen LogP contribution in [0, 0.1) is 6.92 Å². The molecule has 0 aromatic carbocycles. The normalized spacial score (nSPS) is 12.8. The van der Waals surface area contributed by atoms with Crippen LogP contribution in [0.5, 0.6) is 0 Å². The minimum absolute atomic E-state index is 0.000596. The van der Waals surface area contributed by atoms with E-state index in [1.165, 1.54) is 11.3 Å². The van der Waals surface area contributed by atoms with Crippen LogP contribution in [-0.4, -0.2) is 35.9 Å². The summed E-state index contributed by atoms with van der Waals surface area (Å²) in [5.41, 5.74) is 0.827. The molecule has 96 valence electrons. The molecule has 0 aliphatic carbocycles. The van der Waals surface area contributed by atoms with Gasteiger partial charge in [0.1, 0.15) is 9.88 Å². The Bertz CT molecular complexity index is 387. The van der Waals surface area contributed by atoms with Crippen molar-refractivity contribution in [1.29, 1.82) is 0 Å². The number of rotatable bonds is 5. The largest absolute Gasteiger partial charge is 0.349 e. The van der Waals surface area contributed by atoms with E-state index < -0.39 is 0 Å². The Balaban J connectivity index is 2.76. The van der Waals surface area contributed by atoms with Crippen LogP contribution in [0.3, 0.4) is 0 Å². The van der Waals surface area contributed by atoms with Gasteiger partial charge in [-0.3, -0.25) is 4.79 Å². The maximum atomic E-state index is 12.0. The molecular formula is C12H21N3OS. The summed E-state index contributed by atoms with van der Waals surface area (Å²) in [5, 5.41) is 3.96. The van der Waals surface area contributed by atoms with Gasteiger partial charge in [-0.1, -0.05) is 6.92 Å². The van der Waals surface area contributed by atoms with Gasteiger partial charge >= 0.3 is 0 Å². The van der Waals surface area contributed by atoms with Gasteiger partial charge in [0, 0.05) is 12.6 Å². The van der Waals surface area contributed by atoms with Crippen LogP contribution in [0.2, 0.25) is 0 Å². The second-order valence-electron chi connectivity index (χ2n) is 4.54. The number of nitrogens with zero attached hydrogens (tertiary/aromatic N) is 2. The summed E-state index contributed by atoms with van der Waals surface area (Å²) in [6.07, 6.45) is 0.939. The first-order chi connectivity index (χ1) is 7.93. The molecule has 0 aliphatic rings. The molecule has 0 saturated heterocycles. The van der Waals surface area contributed by atoms with Crippen molar-refractivity contribution in [2.24, 2.45) is 0 Å². The Labute approximate surface area is 107 Å². The molecule has 1 unspecified atom stereocenters. The quantitative estimate of drug-likeness (QED) is 0.875. The molecule has 0 fully saturated rings. The SMILES string of the molecule is CCC(C)NC(=O)c1sc(CN(C)C)nc1C. The monoisotopic (exact) mass is 255 g/mol. The number of carbonyl (C=O) groups is 1. The van der Waals surface area contributed by atoms with Crippen molar-refractivity contribution in [2.75, 3.05) is 14.1 Å². The zero-order valence-electron chi connectivity index (χ0n) is 11.2. The number of aromatic nitrogens is 1. The third-order valence-corrected chi connectivity index (χ3v) is 3.63. The van der Waals surface area contributed by atoms with Crippen LogP contribution in [-0.2, 0) is 6.54 Å². The summed E-state index contributed by atoms with van der Waals surface area (Å²) in [5.74, 6) is -0.000596. The predicted molar refractivity (Wildman–Crippen MR) is 71.5 cm³/mol. The fourth-order valence-corrected chi connectivity index (χ4v) is 2.48. The lowest BCUT2D eigenvalue weighted by molar-refractivity contribution is 0.0942. The van der Waals surface area contributed by atoms with Crippen LogP contribution < -0.4 is 5.32 Å². The van der Waals surface area contributed by atoms with Crippen LogP contribution >= 0.6 is 11.3 Å². The van der Waals surface area contributed by atoms with Crippen molar-refractivity contribution in [3.05, 3.63) is 15.6 Å². The van der Waals surface area contributed by atoms with Crippen molar-refractivity contribution in [2.45, 2.75) is 39.8 Å². The fourth-order valence-electron chi connectivity index (χ4n) is 1.39. The van der Waals surface area contributed by atoms with E-state index in [2.05, 4.69) is 22.1 Å². The minimum Gasteiger partial charge on any atom is -0.349 e. The Morgan fingerprint density at radius 2 is 2.18 bits per heavy atom. The molecule has 1 aromatic heterocycles. The highest BCUT2D eigenvalue weighted by atomic mass is 32.1. The Kier molecular flexibility index (Phi) is 5.08. The Morgan fingerprint density at radius 1 is 1.53 bits per heavy atom. The highest BCUT2D eigenvalue weighted by Crippen LogP contribution is 2.19. The van der Waals surface area contributed by atoms with Gasteiger partial charge < -0.3 is 10.2 Å². The van der Waals surface area contributed by atoms with Crippen molar-refractivity contribution in [1.82, 2.24) is 15.2 Å². The van der Waals surface area contributed by atoms with E-state index in [1.54, 1.807) is 0 Å². The minimum atomic E-state index is -0.000596. The molecular weight excluding hydrogens is 234 g/mol. The second kappa shape index (κ2) is 6.12. The van der Waals surface area contributed by atoms with Crippen LogP contribution in [0.15, 0.2) is 0 Å². The first-order valence-electron chi connectivity index (χ1n) is 5.86. The predicted octanol–water partition coefficient (Wildman–Crippen LogP) is 2.04. The van der Waals surface area contributed by atoms with Gasteiger partial charge in [0.2, 0.25) is 0 Å². The number of hydrogen-bond acceptors (Lipinski definition) is 4. The molecule has 1 atom stereocenters. The topological polar surface area (TPSA) is 45.2 Å². The Hall–Kier alpha value is -0.940. The number of hydrogen-bond donors (Lipinski definition) is 1. The standard InChI is InChI=1S/C12H21N3OS/c1-6-8(2)13-12(16)11-9(3)14-10(17-11)7-15(4)5/h8H,6-7H2,1-5H3,(H,13,16). The van der Waals surface area contributed by atoms with E-state index in [0.717, 1.165) is 28.5 Å². The lowest BCUT2D eigenvalue weighted by Gasteiger charge is -2.10. The lowest BCUT2D eigenvalue weighted by Crippen LogP contribution is -2.31. The summed E-state index contributed by atoms with van der Waals surface area (Å²) in [7, 11) is 3.99. The number of carbonyl (C=O) groups excluding carboxylic acids is 1. The molecule has 1 rings (SSSR count). The molecule has 1 N–H and O–H groups in total. The van der Waals surface area contributed by atoms with Crippen molar-refractivity contribution < 1.29 is 4.79 Å². The van der Waals surface area contributed by atoms with Crippen molar-refractivity contribution in [3.63, 3.8) is 0 Å². The summed E-state index contributed by atoms with van der Waals surface area (Å²) < 4.78 is 0. The summed E-state index contributed by atoms with van der Waals surface area (Å²) in [4.78, 5) is 19.2. The van der Waals surface area contributed by atoms with Crippen molar-refractivity contribution >= 4 is 17.2 Å². The third-order valence-electron chi connectivity index (χ3n) is 2.49. The maximum Gasteiger partial charge on any atom is 0.263 e. The van der Waals surface area contributed by atoms with Gasteiger partial charge in [0.05, 0.1) is 5.69 Å². The molecule has 0 radical (unpaired) electrons. The van der Waals surface area contributed by atoms with E-state index in [1.807, 2.05) is 27.9 Å². The van der Waals surface area contributed by atoms with Gasteiger partial charge in [-0.15, -0.1) is 11.3 Å². The number of aryl methyl sites for hydroxylation is 1. The van der Waals surface area contributed by atoms with Gasteiger partial charge in [0.15, 0.2) is 0 Å². The maximum absolute atomic E-state index is 12.0. The first-order valence-corrected chi connectivity index (χ1v) is 6.67. The summed E-state index contributed by atoms with van der Waals surface area (Å²) >= 11 is 1.48. The fraction of sp³-hybridized carbons (Fsp3) is 0.667. The molecule has 1 heterocycles. The summed E-state index contributed by atoms with van der Waals surface area (Å²) in [6.45, 7) is 6.74. The second-order valence-corrected chi connectivity index (χ2v) is 5.63. The molecule has 1 aromatic rings. The highest BCUT2D eigenvalue weighted by Gasteiger charge is 2.16. The van der Waals surface area contributed by atoms with Crippen molar-refractivity contribution in [3.8, 4) is 0 Å². The van der Waals surface area contributed by atoms with Gasteiger partial charge in [-0.05, 0) is 34.4 Å². The van der Waals surface area contributed by atoms with E-state index in [9.17, 15) is 4.79 Å². The number of thiazole rings is 1. The third kappa shape index (κ3) is 4.09. The molecule has 1 amide bonds. The zero-order valence-corrected chi connectivity index (χ0v) is 12.0. The van der Waals surface area contributed by atoms with E-state index in [0.29, 0.717) is 0 Å². The van der Waals surface area contributed by atoms with Crippen LogP contribution in [0.4, 0.5) is 0 Å². The Morgan fingerprint density at radius 3 is 2.71 bits per heavy atom. The van der Waals surface area contributed by atoms with Gasteiger partial charge in [0.25, 0.3) is 5.91 Å². The van der Waals surface area contributed by atoms with Crippen LogP contribution in [0.25, 0.3) is 0 Å². The number of amides is 1. The average Bonchev–Trinajstić information content (AvgIpc) is 2.58. The molecule has 4 nitrogen and oxygen atoms in total. The number of nitrogens with one attached hydrogen (secondary N) is 1. The smallest absolute Gasteiger partial charge is 0.263 e. The van der Waals surface area contributed by atoms with E-state index in [-0.39, 0.29) is 11.9 Å². The average molecular weight is 255 g/mol. The zero-order chi connectivity index (χ0) is 13.0. The molecule has 0 aliphatic heterocycles. The lowest BCUT2D eigenvalue weighted by atomic mass is 10.2.